The number of carbonyl (C=O) groups is 1. The monoisotopic (exact) mass is 386 g/mol. The number of rotatable bonds is 4. The predicted octanol–water partition coefficient (Wildman–Crippen LogP) is 3.80. The molecule has 3 aromatic heterocycles. The Balaban J connectivity index is 1.27. The predicted molar refractivity (Wildman–Crippen MR) is 110 cm³/mol. The molecule has 3 heterocycles. The minimum absolute atomic E-state index is 0.121. The lowest BCUT2D eigenvalue weighted by molar-refractivity contribution is 0.0919. The zero-order valence-electron chi connectivity index (χ0n) is 15.9. The number of pyridine rings is 1. The van der Waals surface area contributed by atoms with Crippen molar-refractivity contribution in [3.8, 4) is 11.4 Å². The van der Waals surface area contributed by atoms with Gasteiger partial charge in [-0.25, -0.2) is 4.98 Å². The van der Waals surface area contributed by atoms with Crippen molar-refractivity contribution >= 4 is 16.9 Å². The van der Waals surface area contributed by atoms with Crippen molar-refractivity contribution in [2.75, 3.05) is 0 Å². The number of hydrogen-bond donors (Lipinski definition) is 3. The lowest BCUT2D eigenvalue weighted by Gasteiger charge is -2.28. The van der Waals surface area contributed by atoms with Crippen LogP contribution in [0.3, 0.4) is 0 Å². The van der Waals surface area contributed by atoms with E-state index in [2.05, 4.69) is 25.5 Å². The van der Waals surface area contributed by atoms with Gasteiger partial charge in [-0.1, -0.05) is 24.6 Å². The van der Waals surface area contributed by atoms with Crippen LogP contribution < -0.4 is 5.32 Å². The number of hydrogen-bond acceptors (Lipinski definition) is 4. The molecule has 0 saturated heterocycles. The standard InChI is InChI=1S/C22H22N6O/c29-22(20-13-19(27-28-20)16-8-3-4-11-23-16)24-15-7-5-6-14(12-15)21-25-17-9-1-2-10-18(17)26-21/h1-4,8-11,13-15H,5-7,12H2,(H,24,29)(H,25,26)(H,27,28). The third-order valence-electron chi connectivity index (χ3n) is 5.55. The molecule has 1 aromatic carbocycles. The van der Waals surface area contributed by atoms with Crippen molar-refractivity contribution in [1.29, 1.82) is 0 Å². The van der Waals surface area contributed by atoms with Gasteiger partial charge in [0.05, 0.1) is 16.7 Å². The highest BCUT2D eigenvalue weighted by atomic mass is 16.2. The first kappa shape index (κ1) is 17.6. The summed E-state index contributed by atoms with van der Waals surface area (Å²) in [6.07, 6.45) is 5.72. The highest BCUT2D eigenvalue weighted by Gasteiger charge is 2.27. The third kappa shape index (κ3) is 3.63. The van der Waals surface area contributed by atoms with E-state index in [4.69, 9.17) is 4.98 Å². The van der Waals surface area contributed by atoms with Gasteiger partial charge in [-0.05, 0) is 49.6 Å². The van der Waals surface area contributed by atoms with Gasteiger partial charge in [0, 0.05) is 18.2 Å². The first-order valence-electron chi connectivity index (χ1n) is 9.98. The van der Waals surface area contributed by atoms with Crippen LogP contribution in [-0.4, -0.2) is 37.1 Å². The van der Waals surface area contributed by atoms with Gasteiger partial charge in [-0.2, -0.15) is 5.10 Å². The molecular formula is C22H22N6O. The first-order valence-corrected chi connectivity index (χ1v) is 9.98. The van der Waals surface area contributed by atoms with Crippen LogP contribution in [0.5, 0.6) is 0 Å². The molecule has 3 N–H and O–H groups in total. The van der Waals surface area contributed by atoms with Gasteiger partial charge in [0.1, 0.15) is 17.2 Å². The molecule has 1 saturated carbocycles. The van der Waals surface area contributed by atoms with Gasteiger partial charge in [0.15, 0.2) is 0 Å². The number of nitrogens with one attached hydrogen (secondary N) is 3. The van der Waals surface area contributed by atoms with Gasteiger partial charge in [-0.15, -0.1) is 0 Å². The molecule has 7 heteroatoms. The van der Waals surface area contributed by atoms with E-state index in [1.54, 1.807) is 12.3 Å². The molecule has 146 valence electrons. The second kappa shape index (κ2) is 7.50. The number of H-pyrrole nitrogens is 2. The normalized spacial score (nSPS) is 19.3. The Morgan fingerprint density at radius 3 is 2.83 bits per heavy atom. The van der Waals surface area contributed by atoms with Crippen LogP contribution in [-0.2, 0) is 0 Å². The summed E-state index contributed by atoms with van der Waals surface area (Å²) in [5, 5.41) is 10.2. The van der Waals surface area contributed by atoms with E-state index in [1.165, 1.54) is 0 Å². The van der Waals surface area contributed by atoms with Crippen molar-refractivity contribution in [2.24, 2.45) is 0 Å². The van der Waals surface area contributed by atoms with E-state index in [1.807, 2.05) is 42.5 Å². The van der Waals surface area contributed by atoms with Crippen molar-refractivity contribution in [2.45, 2.75) is 37.6 Å². The van der Waals surface area contributed by atoms with E-state index in [9.17, 15) is 4.79 Å². The van der Waals surface area contributed by atoms with Crippen LogP contribution in [0.2, 0.25) is 0 Å². The number of aromatic nitrogens is 5. The Hall–Kier alpha value is -3.48. The zero-order valence-corrected chi connectivity index (χ0v) is 15.9. The van der Waals surface area contributed by atoms with Gasteiger partial charge in [0.25, 0.3) is 5.91 Å². The highest BCUT2D eigenvalue weighted by molar-refractivity contribution is 5.93. The van der Waals surface area contributed by atoms with Crippen LogP contribution >= 0.6 is 0 Å². The molecular weight excluding hydrogens is 364 g/mol. The number of imidazole rings is 1. The molecule has 4 aromatic rings. The fraction of sp³-hybridized carbons (Fsp3) is 0.273. The second-order valence-electron chi connectivity index (χ2n) is 7.55. The highest BCUT2D eigenvalue weighted by Crippen LogP contribution is 2.32. The second-order valence-corrected chi connectivity index (χ2v) is 7.55. The minimum atomic E-state index is -0.130. The zero-order chi connectivity index (χ0) is 19.6. The van der Waals surface area contributed by atoms with Gasteiger partial charge in [-0.3, -0.25) is 14.9 Å². The molecule has 1 aliphatic rings. The Morgan fingerprint density at radius 1 is 1.07 bits per heavy atom. The van der Waals surface area contributed by atoms with Gasteiger partial charge in [0.2, 0.25) is 0 Å². The molecule has 2 unspecified atom stereocenters. The molecule has 5 rings (SSSR count). The molecule has 0 radical (unpaired) electrons. The molecule has 7 nitrogen and oxygen atoms in total. The van der Waals surface area contributed by atoms with E-state index in [0.29, 0.717) is 17.3 Å². The maximum absolute atomic E-state index is 12.7. The Labute approximate surface area is 168 Å². The molecule has 0 bridgehead atoms. The van der Waals surface area contributed by atoms with Crippen molar-refractivity contribution in [3.05, 3.63) is 66.2 Å². The Kier molecular flexibility index (Phi) is 4.56. The quantitative estimate of drug-likeness (QED) is 0.497. The number of amides is 1. The minimum Gasteiger partial charge on any atom is -0.348 e. The largest absolute Gasteiger partial charge is 0.348 e. The number of fused-ring (bicyclic) bond motifs is 1. The Bertz CT molecular complexity index is 1100. The van der Waals surface area contributed by atoms with E-state index in [0.717, 1.165) is 48.2 Å². The average molecular weight is 386 g/mol. The molecule has 1 amide bonds. The Morgan fingerprint density at radius 2 is 1.97 bits per heavy atom. The number of benzene rings is 1. The van der Waals surface area contributed by atoms with Crippen LogP contribution in [0.4, 0.5) is 0 Å². The summed E-state index contributed by atoms with van der Waals surface area (Å²) in [5.74, 6) is 1.21. The molecule has 29 heavy (non-hydrogen) atoms. The van der Waals surface area contributed by atoms with Crippen LogP contribution in [0.1, 0.15) is 47.9 Å². The number of para-hydroxylation sites is 2. The van der Waals surface area contributed by atoms with Crippen LogP contribution in [0.15, 0.2) is 54.7 Å². The van der Waals surface area contributed by atoms with E-state index < -0.39 is 0 Å². The average Bonchev–Trinajstić information content (AvgIpc) is 3.42. The van der Waals surface area contributed by atoms with Crippen LogP contribution in [0.25, 0.3) is 22.4 Å². The molecule has 1 fully saturated rings. The summed E-state index contributed by atoms with van der Waals surface area (Å²) < 4.78 is 0. The van der Waals surface area contributed by atoms with Crippen molar-refractivity contribution in [1.82, 2.24) is 30.5 Å². The van der Waals surface area contributed by atoms with Crippen molar-refractivity contribution < 1.29 is 4.79 Å². The number of aromatic amines is 2. The topological polar surface area (TPSA) is 99.3 Å². The number of carbonyl (C=O) groups excluding carboxylic acids is 1. The third-order valence-corrected chi connectivity index (χ3v) is 5.55. The lowest BCUT2D eigenvalue weighted by Crippen LogP contribution is -2.38. The lowest BCUT2D eigenvalue weighted by atomic mass is 9.85. The van der Waals surface area contributed by atoms with Gasteiger partial charge >= 0.3 is 0 Å². The summed E-state index contributed by atoms with van der Waals surface area (Å²) in [4.78, 5) is 25.2. The maximum atomic E-state index is 12.7. The summed E-state index contributed by atoms with van der Waals surface area (Å²) in [7, 11) is 0. The molecule has 0 aliphatic heterocycles. The summed E-state index contributed by atoms with van der Waals surface area (Å²) in [6.45, 7) is 0. The smallest absolute Gasteiger partial charge is 0.269 e. The molecule has 1 aliphatic carbocycles. The maximum Gasteiger partial charge on any atom is 0.269 e. The summed E-state index contributed by atoms with van der Waals surface area (Å²) in [6, 6.07) is 15.6. The fourth-order valence-electron chi connectivity index (χ4n) is 4.08. The molecule has 2 atom stereocenters. The SMILES string of the molecule is O=C(NC1CCCC(c2nc3ccccc3[nH]2)C1)c1cc(-c2ccccn2)n[nH]1. The van der Waals surface area contributed by atoms with Crippen LogP contribution in [0, 0.1) is 0 Å². The summed E-state index contributed by atoms with van der Waals surface area (Å²) in [5.41, 5.74) is 3.92. The van der Waals surface area contributed by atoms with E-state index in [-0.39, 0.29) is 11.9 Å². The number of nitrogens with zero attached hydrogens (tertiary/aromatic N) is 3. The van der Waals surface area contributed by atoms with E-state index >= 15 is 0 Å². The van der Waals surface area contributed by atoms with Gasteiger partial charge < -0.3 is 10.3 Å². The molecule has 0 spiro atoms. The summed E-state index contributed by atoms with van der Waals surface area (Å²) >= 11 is 0. The van der Waals surface area contributed by atoms with Crippen molar-refractivity contribution in [3.63, 3.8) is 0 Å². The first-order chi connectivity index (χ1) is 14.3. The fourth-order valence-corrected chi connectivity index (χ4v) is 4.08.